The predicted octanol–water partition coefficient (Wildman–Crippen LogP) is 2.59. The van der Waals surface area contributed by atoms with Crippen LogP contribution in [0.1, 0.15) is 22.3 Å². The summed E-state index contributed by atoms with van der Waals surface area (Å²) in [5.74, 6) is -0.795. The van der Waals surface area contributed by atoms with Gasteiger partial charge in [-0.05, 0) is 30.3 Å². The van der Waals surface area contributed by atoms with Crippen molar-refractivity contribution in [2.24, 2.45) is 5.10 Å². The van der Waals surface area contributed by atoms with Gasteiger partial charge in [0.05, 0.1) is 19.2 Å². The van der Waals surface area contributed by atoms with Gasteiger partial charge in [0.25, 0.3) is 11.6 Å². The van der Waals surface area contributed by atoms with Crippen LogP contribution in [0.15, 0.2) is 53.9 Å². The number of carbonyl (C=O) groups excluding carboxylic acids is 1. The molecule has 0 fully saturated rings. The number of pyridine rings is 1. The Hall–Kier alpha value is -2.94. The highest BCUT2D eigenvalue weighted by Gasteiger charge is 2.63. The largest absolute Gasteiger partial charge is 0.497 e. The zero-order chi connectivity index (χ0) is 18.9. The lowest BCUT2D eigenvalue weighted by Gasteiger charge is -2.32. The fourth-order valence-corrected chi connectivity index (χ4v) is 2.56. The third-order valence-corrected chi connectivity index (χ3v) is 3.96. The number of hydrogen-bond acceptors (Lipinski definition) is 5. The van der Waals surface area contributed by atoms with E-state index in [0.717, 1.165) is 0 Å². The van der Waals surface area contributed by atoms with E-state index in [1.807, 2.05) is 0 Å². The molecule has 1 aliphatic rings. The maximum Gasteiger partial charge on any atom is 0.438 e. The van der Waals surface area contributed by atoms with E-state index in [2.05, 4.69) is 10.1 Å². The van der Waals surface area contributed by atoms with E-state index in [9.17, 15) is 23.1 Å². The van der Waals surface area contributed by atoms with Crippen molar-refractivity contribution < 1.29 is 27.8 Å². The lowest BCUT2D eigenvalue weighted by Crippen LogP contribution is -2.56. The Morgan fingerprint density at radius 1 is 1.27 bits per heavy atom. The van der Waals surface area contributed by atoms with Gasteiger partial charge in [-0.2, -0.15) is 23.3 Å². The fourth-order valence-electron chi connectivity index (χ4n) is 2.56. The molecule has 3 rings (SSSR count). The molecule has 9 heteroatoms. The summed E-state index contributed by atoms with van der Waals surface area (Å²) >= 11 is 0. The molecule has 0 aliphatic carbocycles. The van der Waals surface area contributed by atoms with Crippen LogP contribution in [0.25, 0.3) is 0 Å². The van der Waals surface area contributed by atoms with Gasteiger partial charge >= 0.3 is 6.18 Å². The van der Waals surface area contributed by atoms with Crippen LogP contribution < -0.4 is 4.74 Å². The number of methoxy groups -OCH3 is 1. The maximum absolute atomic E-state index is 13.6. The summed E-state index contributed by atoms with van der Waals surface area (Å²) in [6.07, 6.45) is -3.20. The van der Waals surface area contributed by atoms with E-state index >= 15 is 0 Å². The molecule has 0 spiro atoms. The van der Waals surface area contributed by atoms with Gasteiger partial charge in [-0.1, -0.05) is 6.07 Å². The number of amides is 1. The first-order valence-corrected chi connectivity index (χ1v) is 7.52. The van der Waals surface area contributed by atoms with Gasteiger partial charge in [-0.25, -0.2) is 0 Å². The van der Waals surface area contributed by atoms with E-state index < -0.39 is 24.2 Å². The molecule has 136 valence electrons. The van der Waals surface area contributed by atoms with E-state index in [1.165, 1.54) is 49.8 Å². The van der Waals surface area contributed by atoms with Crippen molar-refractivity contribution in [1.82, 2.24) is 9.99 Å². The zero-order valence-corrected chi connectivity index (χ0v) is 13.6. The number of benzene rings is 1. The maximum atomic E-state index is 13.6. The monoisotopic (exact) mass is 365 g/mol. The molecule has 1 N–H and O–H groups in total. The SMILES string of the molecule is COc1cccc(C(=O)N2N=C(c3ccncc3)CC2(O)C(F)(F)F)c1. The molecule has 26 heavy (non-hydrogen) atoms. The lowest BCUT2D eigenvalue weighted by atomic mass is 10.0. The molecular formula is C17H14F3N3O3. The van der Waals surface area contributed by atoms with Crippen LogP contribution in [0.4, 0.5) is 13.2 Å². The number of rotatable bonds is 3. The summed E-state index contributed by atoms with van der Waals surface area (Å²) in [5, 5.41) is 14.1. The Bertz CT molecular complexity index is 855. The molecule has 1 atom stereocenters. The number of ether oxygens (including phenoxy) is 1. The van der Waals surface area contributed by atoms with Crippen LogP contribution in [0, 0.1) is 0 Å². The van der Waals surface area contributed by atoms with Gasteiger partial charge in [-0.3, -0.25) is 9.78 Å². The van der Waals surface area contributed by atoms with Gasteiger partial charge in [0.1, 0.15) is 5.75 Å². The van der Waals surface area contributed by atoms with E-state index in [1.54, 1.807) is 6.07 Å². The number of halogens is 3. The van der Waals surface area contributed by atoms with E-state index in [4.69, 9.17) is 4.74 Å². The molecule has 0 saturated carbocycles. The van der Waals surface area contributed by atoms with E-state index in [-0.39, 0.29) is 16.3 Å². The van der Waals surface area contributed by atoms with Crippen molar-refractivity contribution in [1.29, 1.82) is 0 Å². The summed E-state index contributed by atoms with van der Waals surface area (Å²) < 4.78 is 45.6. The van der Waals surface area contributed by atoms with Crippen molar-refractivity contribution in [3.63, 3.8) is 0 Å². The minimum absolute atomic E-state index is 0.0662. The second-order valence-electron chi connectivity index (χ2n) is 5.62. The van der Waals surface area contributed by atoms with Crippen molar-refractivity contribution in [2.45, 2.75) is 18.3 Å². The normalized spacial score (nSPS) is 20.0. The Morgan fingerprint density at radius 2 is 1.96 bits per heavy atom. The molecule has 2 aromatic rings. The lowest BCUT2D eigenvalue weighted by molar-refractivity contribution is -0.297. The second kappa shape index (κ2) is 6.41. The molecule has 1 aromatic carbocycles. The summed E-state index contributed by atoms with van der Waals surface area (Å²) in [6.45, 7) is 0. The van der Waals surface area contributed by atoms with Crippen molar-refractivity contribution in [3.05, 3.63) is 59.9 Å². The first-order valence-electron chi connectivity index (χ1n) is 7.52. The Morgan fingerprint density at radius 3 is 2.58 bits per heavy atom. The molecule has 1 aliphatic heterocycles. The quantitative estimate of drug-likeness (QED) is 0.907. The number of alkyl halides is 3. The Labute approximate surface area is 146 Å². The molecule has 0 saturated heterocycles. The standard InChI is InChI=1S/C17H14F3N3O3/c1-26-13-4-2-3-12(9-13)15(24)23-16(25,17(18,19)20)10-14(22-23)11-5-7-21-8-6-11/h2-9,25H,10H2,1H3. The van der Waals surface area contributed by atoms with E-state index in [0.29, 0.717) is 11.3 Å². The second-order valence-corrected chi connectivity index (χ2v) is 5.62. The van der Waals surface area contributed by atoms with Gasteiger partial charge in [0.2, 0.25) is 0 Å². The molecule has 6 nitrogen and oxygen atoms in total. The molecule has 1 amide bonds. The van der Waals surface area contributed by atoms with Gasteiger partial charge < -0.3 is 9.84 Å². The minimum atomic E-state index is -5.10. The number of aromatic nitrogens is 1. The Balaban J connectivity index is 2.04. The van der Waals surface area contributed by atoms with Gasteiger partial charge in [0.15, 0.2) is 0 Å². The molecule has 0 radical (unpaired) electrons. The molecule has 1 aromatic heterocycles. The van der Waals surface area contributed by atoms with Gasteiger partial charge in [0, 0.05) is 23.5 Å². The predicted molar refractivity (Wildman–Crippen MR) is 85.6 cm³/mol. The first kappa shape index (κ1) is 17.9. The number of nitrogens with zero attached hydrogens (tertiary/aromatic N) is 3. The molecule has 0 bridgehead atoms. The average molecular weight is 365 g/mol. The number of aliphatic hydroxyl groups is 1. The zero-order valence-electron chi connectivity index (χ0n) is 13.6. The number of hydrazone groups is 1. The minimum Gasteiger partial charge on any atom is -0.497 e. The highest BCUT2D eigenvalue weighted by atomic mass is 19.4. The smallest absolute Gasteiger partial charge is 0.438 e. The Kier molecular flexibility index (Phi) is 4.41. The third kappa shape index (κ3) is 3.01. The van der Waals surface area contributed by atoms with Crippen molar-refractivity contribution >= 4 is 11.6 Å². The van der Waals surface area contributed by atoms with Gasteiger partial charge in [-0.15, -0.1) is 0 Å². The number of hydrogen-bond donors (Lipinski definition) is 1. The van der Waals surface area contributed by atoms with Crippen LogP contribution >= 0.6 is 0 Å². The summed E-state index contributed by atoms with van der Waals surface area (Å²) in [5.41, 5.74) is -3.26. The summed E-state index contributed by atoms with van der Waals surface area (Å²) in [6, 6.07) is 8.51. The van der Waals surface area contributed by atoms with Crippen LogP contribution in [-0.2, 0) is 0 Å². The molecule has 1 unspecified atom stereocenters. The average Bonchev–Trinajstić information content (AvgIpc) is 3.01. The van der Waals surface area contributed by atoms with Crippen LogP contribution in [0.2, 0.25) is 0 Å². The molecular weight excluding hydrogens is 351 g/mol. The fraction of sp³-hybridized carbons (Fsp3) is 0.235. The van der Waals surface area contributed by atoms with Crippen molar-refractivity contribution in [2.75, 3.05) is 7.11 Å². The first-order chi connectivity index (χ1) is 12.3. The summed E-state index contributed by atoms with van der Waals surface area (Å²) in [4.78, 5) is 16.4. The topological polar surface area (TPSA) is 75.0 Å². The third-order valence-electron chi connectivity index (χ3n) is 3.96. The van der Waals surface area contributed by atoms with Crippen LogP contribution in [0.3, 0.4) is 0 Å². The highest BCUT2D eigenvalue weighted by molar-refractivity contribution is 6.05. The van der Waals surface area contributed by atoms with Crippen LogP contribution in [-0.4, -0.2) is 45.7 Å². The number of carbonyl (C=O) groups is 1. The summed E-state index contributed by atoms with van der Waals surface area (Å²) in [7, 11) is 1.37. The van der Waals surface area contributed by atoms with Crippen LogP contribution in [0.5, 0.6) is 5.75 Å². The molecule has 2 heterocycles. The van der Waals surface area contributed by atoms with Crippen molar-refractivity contribution in [3.8, 4) is 5.75 Å². The highest BCUT2D eigenvalue weighted by Crippen LogP contribution is 2.42.